The summed E-state index contributed by atoms with van der Waals surface area (Å²) in [4.78, 5) is 14.7. The van der Waals surface area contributed by atoms with Gasteiger partial charge in [-0.25, -0.2) is 0 Å². The fraction of sp³-hybridized carbons (Fsp3) is 0.308. The van der Waals surface area contributed by atoms with E-state index in [0.717, 1.165) is 6.42 Å². The quantitative estimate of drug-likeness (QED) is 0.887. The van der Waals surface area contributed by atoms with Gasteiger partial charge < -0.3 is 9.63 Å². The van der Waals surface area contributed by atoms with Crippen molar-refractivity contribution >= 4 is 5.97 Å². The van der Waals surface area contributed by atoms with Crippen molar-refractivity contribution in [1.82, 2.24) is 10.1 Å². The highest BCUT2D eigenvalue weighted by atomic mass is 16.5. The van der Waals surface area contributed by atoms with Crippen LogP contribution in [0, 0.1) is 0 Å². The first-order chi connectivity index (χ1) is 8.74. The van der Waals surface area contributed by atoms with Gasteiger partial charge in [0.05, 0.1) is 12.3 Å². The summed E-state index contributed by atoms with van der Waals surface area (Å²) in [6.07, 6.45) is 1.23. The SMILES string of the molecule is O=C(O)CCc1nc(C2Cc3ccccc32)no1. The maximum absolute atomic E-state index is 10.5. The van der Waals surface area contributed by atoms with Gasteiger partial charge in [-0.1, -0.05) is 29.4 Å². The fourth-order valence-electron chi connectivity index (χ4n) is 2.21. The molecule has 1 aliphatic carbocycles. The van der Waals surface area contributed by atoms with Crippen LogP contribution in [0.15, 0.2) is 28.8 Å². The molecule has 0 saturated carbocycles. The third-order valence-electron chi connectivity index (χ3n) is 3.20. The van der Waals surface area contributed by atoms with E-state index in [1.807, 2.05) is 12.1 Å². The first kappa shape index (κ1) is 11.0. The lowest BCUT2D eigenvalue weighted by Crippen LogP contribution is -2.19. The van der Waals surface area contributed by atoms with E-state index in [1.54, 1.807) is 0 Å². The molecule has 5 heteroatoms. The molecule has 1 unspecified atom stereocenters. The molecule has 1 aromatic heterocycles. The Kier molecular flexibility index (Phi) is 2.59. The van der Waals surface area contributed by atoms with E-state index in [-0.39, 0.29) is 18.8 Å². The summed E-state index contributed by atoms with van der Waals surface area (Å²) < 4.78 is 5.06. The fourth-order valence-corrected chi connectivity index (χ4v) is 2.21. The normalized spacial score (nSPS) is 17.0. The minimum atomic E-state index is -0.858. The van der Waals surface area contributed by atoms with E-state index in [2.05, 4.69) is 22.3 Å². The molecular weight excluding hydrogens is 232 g/mol. The molecule has 1 aromatic carbocycles. The molecule has 3 rings (SSSR count). The third-order valence-corrected chi connectivity index (χ3v) is 3.20. The number of carboxylic acids is 1. The summed E-state index contributed by atoms with van der Waals surface area (Å²) in [5, 5.41) is 12.5. The lowest BCUT2D eigenvalue weighted by molar-refractivity contribution is -0.137. The van der Waals surface area contributed by atoms with Crippen molar-refractivity contribution in [2.24, 2.45) is 0 Å². The Morgan fingerprint density at radius 3 is 3.06 bits per heavy atom. The van der Waals surface area contributed by atoms with Gasteiger partial charge in [-0.2, -0.15) is 4.98 Å². The minimum Gasteiger partial charge on any atom is -0.481 e. The number of hydrogen-bond donors (Lipinski definition) is 1. The van der Waals surface area contributed by atoms with E-state index in [0.29, 0.717) is 11.7 Å². The molecule has 18 heavy (non-hydrogen) atoms. The van der Waals surface area contributed by atoms with Gasteiger partial charge in [0.25, 0.3) is 0 Å². The molecule has 0 aliphatic heterocycles. The van der Waals surface area contributed by atoms with Gasteiger partial charge in [0.1, 0.15) is 0 Å². The Bertz CT molecular complexity index is 591. The van der Waals surface area contributed by atoms with Gasteiger partial charge in [-0.15, -0.1) is 0 Å². The van der Waals surface area contributed by atoms with Gasteiger partial charge in [0.2, 0.25) is 5.89 Å². The molecule has 0 saturated heterocycles. The molecule has 0 fully saturated rings. The molecule has 1 atom stereocenters. The van der Waals surface area contributed by atoms with Crippen LogP contribution < -0.4 is 0 Å². The standard InChI is InChI=1S/C13H12N2O3/c16-12(17)6-5-11-14-13(15-18-11)10-7-8-3-1-2-4-9(8)10/h1-4,10H,5-7H2,(H,16,17). The Labute approximate surface area is 103 Å². The number of carboxylic acid groups (broad SMARTS) is 1. The number of carbonyl (C=O) groups is 1. The van der Waals surface area contributed by atoms with Crippen molar-refractivity contribution in [2.45, 2.75) is 25.2 Å². The maximum Gasteiger partial charge on any atom is 0.303 e. The van der Waals surface area contributed by atoms with Gasteiger partial charge in [0.15, 0.2) is 5.82 Å². The molecule has 1 aliphatic rings. The molecule has 0 spiro atoms. The van der Waals surface area contributed by atoms with E-state index in [9.17, 15) is 4.79 Å². The van der Waals surface area contributed by atoms with Crippen LogP contribution in [-0.2, 0) is 17.6 Å². The number of fused-ring (bicyclic) bond motifs is 1. The zero-order valence-electron chi connectivity index (χ0n) is 9.67. The van der Waals surface area contributed by atoms with Gasteiger partial charge in [-0.05, 0) is 17.5 Å². The summed E-state index contributed by atoms with van der Waals surface area (Å²) >= 11 is 0. The molecular formula is C13H12N2O3. The first-order valence-corrected chi connectivity index (χ1v) is 5.86. The molecule has 1 N–H and O–H groups in total. The molecule has 0 radical (unpaired) electrons. The third kappa shape index (κ3) is 1.88. The van der Waals surface area contributed by atoms with Gasteiger partial charge in [0, 0.05) is 6.42 Å². The highest BCUT2D eigenvalue weighted by molar-refractivity contribution is 5.66. The topological polar surface area (TPSA) is 76.2 Å². The van der Waals surface area contributed by atoms with Crippen LogP contribution in [0.25, 0.3) is 0 Å². The Morgan fingerprint density at radius 1 is 1.44 bits per heavy atom. The highest BCUT2D eigenvalue weighted by Crippen LogP contribution is 2.38. The van der Waals surface area contributed by atoms with Crippen LogP contribution in [-0.4, -0.2) is 21.2 Å². The lowest BCUT2D eigenvalue weighted by Gasteiger charge is -2.27. The van der Waals surface area contributed by atoms with Crippen molar-refractivity contribution in [3.63, 3.8) is 0 Å². The second-order valence-electron chi connectivity index (χ2n) is 4.40. The van der Waals surface area contributed by atoms with Crippen LogP contribution in [0.2, 0.25) is 0 Å². The Hall–Kier alpha value is -2.17. The zero-order chi connectivity index (χ0) is 12.5. The van der Waals surface area contributed by atoms with Crippen molar-refractivity contribution in [3.8, 4) is 0 Å². The second-order valence-corrected chi connectivity index (χ2v) is 4.40. The minimum absolute atomic E-state index is 0.0168. The average molecular weight is 244 g/mol. The van der Waals surface area contributed by atoms with Crippen LogP contribution in [0.5, 0.6) is 0 Å². The monoisotopic (exact) mass is 244 g/mol. The predicted octanol–water partition coefficient (Wildman–Crippen LogP) is 1.77. The van der Waals surface area contributed by atoms with E-state index in [4.69, 9.17) is 9.63 Å². The Balaban J connectivity index is 1.74. The van der Waals surface area contributed by atoms with E-state index in [1.165, 1.54) is 11.1 Å². The predicted molar refractivity (Wildman–Crippen MR) is 62.2 cm³/mol. The van der Waals surface area contributed by atoms with Crippen LogP contribution >= 0.6 is 0 Å². The number of aryl methyl sites for hydroxylation is 1. The first-order valence-electron chi connectivity index (χ1n) is 5.86. The summed E-state index contributed by atoms with van der Waals surface area (Å²) in [6, 6.07) is 8.17. The Morgan fingerprint density at radius 2 is 2.28 bits per heavy atom. The molecule has 2 aromatic rings. The van der Waals surface area contributed by atoms with Crippen molar-refractivity contribution in [3.05, 3.63) is 47.1 Å². The number of aromatic nitrogens is 2. The van der Waals surface area contributed by atoms with Crippen molar-refractivity contribution in [1.29, 1.82) is 0 Å². The average Bonchev–Trinajstić information content (AvgIpc) is 2.77. The second kappa shape index (κ2) is 4.25. The lowest BCUT2D eigenvalue weighted by atomic mass is 9.77. The number of aliphatic carboxylic acids is 1. The summed E-state index contributed by atoms with van der Waals surface area (Å²) in [6.45, 7) is 0. The summed E-state index contributed by atoms with van der Waals surface area (Å²) in [5.41, 5.74) is 2.56. The van der Waals surface area contributed by atoms with Crippen molar-refractivity contribution in [2.75, 3.05) is 0 Å². The molecule has 0 amide bonds. The van der Waals surface area contributed by atoms with Crippen LogP contribution in [0.4, 0.5) is 0 Å². The summed E-state index contributed by atoms with van der Waals surface area (Å²) in [7, 11) is 0. The number of benzene rings is 1. The molecule has 0 bridgehead atoms. The smallest absolute Gasteiger partial charge is 0.303 e. The highest BCUT2D eigenvalue weighted by Gasteiger charge is 2.30. The number of hydrogen-bond acceptors (Lipinski definition) is 4. The van der Waals surface area contributed by atoms with E-state index < -0.39 is 5.97 Å². The van der Waals surface area contributed by atoms with Gasteiger partial charge >= 0.3 is 5.97 Å². The van der Waals surface area contributed by atoms with Gasteiger partial charge in [-0.3, -0.25) is 4.79 Å². The van der Waals surface area contributed by atoms with Crippen LogP contribution in [0.1, 0.15) is 35.2 Å². The molecule has 1 heterocycles. The summed E-state index contributed by atoms with van der Waals surface area (Å²) in [5.74, 6) is 0.401. The molecule has 5 nitrogen and oxygen atoms in total. The van der Waals surface area contributed by atoms with Crippen LogP contribution in [0.3, 0.4) is 0 Å². The number of nitrogens with zero attached hydrogens (tertiary/aromatic N) is 2. The van der Waals surface area contributed by atoms with Crippen molar-refractivity contribution < 1.29 is 14.4 Å². The number of rotatable bonds is 4. The molecule has 92 valence electrons. The zero-order valence-corrected chi connectivity index (χ0v) is 9.67. The largest absolute Gasteiger partial charge is 0.481 e. The van der Waals surface area contributed by atoms with E-state index >= 15 is 0 Å². The maximum atomic E-state index is 10.5.